The lowest BCUT2D eigenvalue weighted by molar-refractivity contribution is 0.0977. The van der Waals surface area contributed by atoms with Gasteiger partial charge in [0.1, 0.15) is 5.92 Å². The quantitative estimate of drug-likeness (QED) is 0.780. The number of hydrogen-bond donors (Lipinski definition) is 0. The van der Waals surface area contributed by atoms with Crippen molar-refractivity contribution in [1.29, 1.82) is 5.26 Å². The predicted octanol–water partition coefficient (Wildman–Crippen LogP) is 4.41. The fourth-order valence-corrected chi connectivity index (χ4v) is 2.89. The predicted molar refractivity (Wildman–Crippen MR) is 84.5 cm³/mol. The standard InChI is InChI=1S/C19H19NO/c1-12-9-14(3)18(15(4)10-12)19(21)17(11-20)16-8-6-5-7-13(16)2/h5-10,17H,1-4H3. The summed E-state index contributed by atoms with van der Waals surface area (Å²) >= 11 is 0. The minimum atomic E-state index is -0.744. The average Bonchev–Trinajstić information content (AvgIpc) is 2.40. The highest BCUT2D eigenvalue weighted by atomic mass is 16.1. The molecule has 0 spiro atoms. The second kappa shape index (κ2) is 5.93. The fraction of sp³-hybridized carbons (Fsp3) is 0.263. The molecule has 1 unspecified atom stereocenters. The smallest absolute Gasteiger partial charge is 0.184 e. The topological polar surface area (TPSA) is 40.9 Å². The summed E-state index contributed by atoms with van der Waals surface area (Å²) in [6, 6.07) is 13.7. The van der Waals surface area contributed by atoms with Gasteiger partial charge in [0.05, 0.1) is 6.07 Å². The zero-order valence-corrected chi connectivity index (χ0v) is 12.9. The van der Waals surface area contributed by atoms with Crippen LogP contribution in [0.5, 0.6) is 0 Å². The molecular formula is C19H19NO. The van der Waals surface area contributed by atoms with Crippen LogP contribution in [0.3, 0.4) is 0 Å². The molecule has 0 heterocycles. The van der Waals surface area contributed by atoms with Crippen molar-refractivity contribution in [3.63, 3.8) is 0 Å². The Morgan fingerprint density at radius 2 is 1.57 bits per heavy atom. The van der Waals surface area contributed by atoms with Crippen LogP contribution in [0.1, 0.15) is 44.1 Å². The van der Waals surface area contributed by atoms with E-state index in [0.29, 0.717) is 5.56 Å². The summed E-state index contributed by atoms with van der Waals surface area (Å²) in [6.45, 7) is 7.80. The number of carbonyl (C=O) groups is 1. The highest BCUT2D eigenvalue weighted by molar-refractivity contribution is 6.05. The maximum absolute atomic E-state index is 12.9. The SMILES string of the molecule is Cc1cc(C)c(C(=O)C(C#N)c2ccccc2C)c(C)c1. The largest absolute Gasteiger partial charge is 0.292 e. The molecule has 21 heavy (non-hydrogen) atoms. The first kappa shape index (κ1) is 15.0. The first-order chi connectivity index (χ1) is 9.95. The summed E-state index contributed by atoms with van der Waals surface area (Å²) in [5.74, 6) is -0.854. The van der Waals surface area contributed by atoms with E-state index in [4.69, 9.17) is 0 Å². The summed E-state index contributed by atoms with van der Waals surface area (Å²) in [5, 5.41) is 9.50. The summed E-state index contributed by atoms with van der Waals surface area (Å²) in [7, 11) is 0. The molecule has 0 radical (unpaired) electrons. The molecule has 2 nitrogen and oxygen atoms in total. The van der Waals surface area contributed by atoms with Crippen molar-refractivity contribution in [1.82, 2.24) is 0 Å². The zero-order valence-electron chi connectivity index (χ0n) is 12.9. The Kier molecular flexibility index (Phi) is 4.23. The van der Waals surface area contributed by atoms with Crippen molar-refractivity contribution in [2.45, 2.75) is 33.6 Å². The van der Waals surface area contributed by atoms with Crippen molar-refractivity contribution >= 4 is 5.78 Å². The normalized spacial score (nSPS) is 11.8. The molecule has 0 aliphatic rings. The van der Waals surface area contributed by atoms with Crippen LogP contribution in [0.4, 0.5) is 0 Å². The lowest BCUT2D eigenvalue weighted by atomic mass is 9.85. The van der Waals surface area contributed by atoms with Gasteiger partial charge in [0, 0.05) is 5.56 Å². The van der Waals surface area contributed by atoms with Crippen molar-refractivity contribution in [2.75, 3.05) is 0 Å². The molecule has 0 amide bonds. The Morgan fingerprint density at radius 1 is 1.00 bits per heavy atom. The van der Waals surface area contributed by atoms with Crippen molar-refractivity contribution < 1.29 is 4.79 Å². The van der Waals surface area contributed by atoms with E-state index >= 15 is 0 Å². The van der Waals surface area contributed by atoms with E-state index in [2.05, 4.69) is 6.07 Å². The van der Waals surface area contributed by atoms with Gasteiger partial charge in [-0.15, -0.1) is 0 Å². The van der Waals surface area contributed by atoms with Crippen LogP contribution in [0.25, 0.3) is 0 Å². The lowest BCUT2D eigenvalue weighted by Gasteiger charge is -2.15. The zero-order chi connectivity index (χ0) is 15.6. The third kappa shape index (κ3) is 2.87. The molecular weight excluding hydrogens is 258 g/mol. The number of nitrogens with zero attached hydrogens (tertiary/aromatic N) is 1. The first-order valence-electron chi connectivity index (χ1n) is 7.03. The summed E-state index contributed by atoms with van der Waals surface area (Å²) < 4.78 is 0. The van der Waals surface area contributed by atoms with Gasteiger partial charge in [-0.25, -0.2) is 0 Å². The molecule has 2 heteroatoms. The van der Waals surface area contributed by atoms with E-state index in [1.165, 1.54) is 0 Å². The molecule has 1 atom stereocenters. The Hall–Kier alpha value is -2.40. The monoisotopic (exact) mass is 277 g/mol. The summed E-state index contributed by atoms with van der Waals surface area (Å²) in [4.78, 5) is 12.9. The molecule has 0 saturated heterocycles. The molecule has 106 valence electrons. The molecule has 2 aromatic rings. The number of rotatable bonds is 3. The Labute approximate surface area is 126 Å². The highest BCUT2D eigenvalue weighted by Gasteiger charge is 2.25. The Morgan fingerprint density at radius 3 is 2.10 bits per heavy atom. The summed E-state index contributed by atoms with van der Waals surface area (Å²) in [5.41, 5.74) is 5.45. The number of nitriles is 1. The van der Waals surface area contributed by atoms with Crippen LogP contribution in [-0.4, -0.2) is 5.78 Å². The molecule has 0 aliphatic carbocycles. The first-order valence-corrected chi connectivity index (χ1v) is 7.03. The van der Waals surface area contributed by atoms with Crippen LogP contribution >= 0.6 is 0 Å². The van der Waals surface area contributed by atoms with Crippen molar-refractivity contribution in [3.05, 3.63) is 69.8 Å². The van der Waals surface area contributed by atoms with E-state index in [1.54, 1.807) is 0 Å². The van der Waals surface area contributed by atoms with Crippen LogP contribution in [-0.2, 0) is 0 Å². The van der Waals surface area contributed by atoms with Crippen LogP contribution < -0.4 is 0 Å². The van der Waals surface area contributed by atoms with Crippen LogP contribution in [0, 0.1) is 39.0 Å². The Balaban J connectivity index is 2.53. The number of aryl methyl sites for hydroxylation is 4. The van der Waals surface area contributed by atoms with E-state index < -0.39 is 5.92 Å². The summed E-state index contributed by atoms with van der Waals surface area (Å²) in [6.07, 6.45) is 0. The van der Waals surface area contributed by atoms with E-state index in [-0.39, 0.29) is 5.78 Å². The molecule has 0 aliphatic heterocycles. The highest BCUT2D eigenvalue weighted by Crippen LogP contribution is 2.27. The van der Waals surface area contributed by atoms with E-state index in [9.17, 15) is 10.1 Å². The van der Waals surface area contributed by atoms with Crippen LogP contribution in [0.2, 0.25) is 0 Å². The van der Waals surface area contributed by atoms with Gasteiger partial charge in [0.2, 0.25) is 0 Å². The third-order valence-corrected chi connectivity index (χ3v) is 3.81. The second-order valence-corrected chi connectivity index (χ2v) is 5.56. The molecule has 0 N–H and O–H groups in total. The van der Waals surface area contributed by atoms with Gasteiger partial charge in [-0.05, 0) is 49.9 Å². The van der Waals surface area contributed by atoms with Gasteiger partial charge in [-0.1, -0.05) is 42.0 Å². The number of ketones is 1. The van der Waals surface area contributed by atoms with Gasteiger partial charge in [0.15, 0.2) is 5.78 Å². The molecule has 2 aromatic carbocycles. The fourth-order valence-electron chi connectivity index (χ4n) is 2.89. The van der Waals surface area contributed by atoms with Gasteiger partial charge >= 0.3 is 0 Å². The number of hydrogen-bond acceptors (Lipinski definition) is 2. The van der Waals surface area contributed by atoms with Crippen molar-refractivity contribution in [2.24, 2.45) is 0 Å². The minimum Gasteiger partial charge on any atom is -0.292 e. The second-order valence-electron chi connectivity index (χ2n) is 5.56. The maximum Gasteiger partial charge on any atom is 0.184 e. The molecule has 0 saturated carbocycles. The number of carbonyl (C=O) groups excluding carboxylic acids is 1. The van der Waals surface area contributed by atoms with Gasteiger partial charge in [0.25, 0.3) is 0 Å². The van der Waals surface area contributed by atoms with Gasteiger partial charge in [-0.3, -0.25) is 4.79 Å². The molecule has 0 fully saturated rings. The average molecular weight is 277 g/mol. The lowest BCUT2D eigenvalue weighted by Crippen LogP contribution is -2.15. The van der Waals surface area contributed by atoms with E-state index in [0.717, 1.165) is 27.8 Å². The van der Waals surface area contributed by atoms with Crippen LogP contribution in [0.15, 0.2) is 36.4 Å². The number of Topliss-reactive ketones (excluding diaryl/α,β-unsaturated/α-hetero) is 1. The van der Waals surface area contributed by atoms with Gasteiger partial charge < -0.3 is 0 Å². The minimum absolute atomic E-state index is 0.109. The van der Waals surface area contributed by atoms with Gasteiger partial charge in [-0.2, -0.15) is 5.26 Å². The van der Waals surface area contributed by atoms with Crippen molar-refractivity contribution in [3.8, 4) is 6.07 Å². The van der Waals surface area contributed by atoms with E-state index in [1.807, 2.05) is 64.1 Å². The molecule has 0 bridgehead atoms. The molecule has 2 rings (SSSR count). The third-order valence-electron chi connectivity index (χ3n) is 3.81. The Bertz CT molecular complexity index is 714. The maximum atomic E-state index is 12.9. The number of benzene rings is 2. The molecule has 0 aromatic heterocycles.